The number of aromatic nitrogens is 2. The maximum atomic E-state index is 12.3. The van der Waals surface area contributed by atoms with Gasteiger partial charge >= 0.3 is 5.97 Å². The van der Waals surface area contributed by atoms with Crippen LogP contribution in [0.5, 0.6) is 5.75 Å². The highest BCUT2D eigenvalue weighted by molar-refractivity contribution is 7.18. The second kappa shape index (κ2) is 6.68. The van der Waals surface area contributed by atoms with Gasteiger partial charge < -0.3 is 14.5 Å². The minimum absolute atomic E-state index is 0.217. The maximum absolute atomic E-state index is 12.3. The van der Waals surface area contributed by atoms with Crippen LogP contribution in [-0.4, -0.2) is 23.0 Å². The van der Waals surface area contributed by atoms with E-state index in [9.17, 15) is 9.59 Å². The second-order valence-electron chi connectivity index (χ2n) is 5.69. The number of carbonyl (C=O) groups excluding carboxylic acids is 1. The van der Waals surface area contributed by atoms with Gasteiger partial charge in [-0.15, -0.1) is 11.3 Å². The number of hydrogen-bond donors (Lipinski definition) is 1. The molecule has 0 amide bonds. The molecule has 1 N–H and O–H groups in total. The maximum Gasteiger partial charge on any atom is 0.338 e. The Hall–Kier alpha value is -2.67. The number of aryl methyl sites for hydroxylation is 2. The SMILES string of the molecule is COc1cccc(C(=O)OC(C)c2nc3sc(C)c(C)c3c(=O)[nH]2)c1. The van der Waals surface area contributed by atoms with Crippen molar-refractivity contribution in [2.75, 3.05) is 7.11 Å². The first-order chi connectivity index (χ1) is 11.9. The molecule has 6 nitrogen and oxygen atoms in total. The van der Waals surface area contributed by atoms with E-state index in [-0.39, 0.29) is 5.56 Å². The molecule has 0 radical (unpaired) electrons. The van der Waals surface area contributed by atoms with Gasteiger partial charge in [0.1, 0.15) is 10.6 Å². The molecule has 0 fully saturated rings. The predicted molar refractivity (Wildman–Crippen MR) is 96.5 cm³/mol. The number of methoxy groups -OCH3 is 1. The van der Waals surface area contributed by atoms with Gasteiger partial charge in [-0.1, -0.05) is 6.07 Å². The Bertz CT molecular complexity index is 1010. The van der Waals surface area contributed by atoms with Gasteiger partial charge in [0.2, 0.25) is 0 Å². The molecule has 0 aliphatic carbocycles. The van der Waals surface area contributed by atoms with Crippen LogP contribution in [0.3, 0.4) is 0 Å². The summed E-state index contributed by atoms with van der Waals surface area (Å²) in [6, 6.07) is 6.70. The Balaban J connectivity index is 1.88. The summed E-state index contributed by atoms with van der Waals surface area (Å²) in [5, 5.41) is 0.595. The average molecular weight is 358 g/mol. The van der Waals surface area contributed by atoms with E-state index in [4.69, 9.17) is 9.47 Å². The molecule has 2 aromatic heterocycles. The van der Waals surface area contributed by atoms with Crippen molar-refractivity contribution >= 4 is 27.5 Å². The van der Waals surface area contributed by atoms with E-state index in [0.717, 1.165) is 10.4 Å². The number of nitrogens with zero attached hydrogens (tertiary/aromatic N) is 1. The number of fused-ring (bicyclic) bond motifs is 1. The van der Waals surface area contributed by atoms with Crippen molar-refractivity contribution in [1.29, 1.82) is 0 Å². The van der Waals surface area contributed by atoms with Crippen molar-refractivity contribution in [3.8, 4) is 5.75 Å². The minimum atomic E-state index is -0.682. The number of thiophene rings is 1. The van der Waals surface area contributed by atoms with Gasteiger partial charge in [-0.3, -0.25) is 4.79 Å². The van der Waals surface area contributed by atoms with Gasteiger partial charge in [0.15, 0.2) is 11.9 Å². The molecule has 1 atom stereocenters. The van der Waals surface area contributed by atoms with E-state index in [1.807, 2.05) is 13.8 Å². The van der Waals surface area contributed by atoms with Crippen LogP contribution in [0.1, 0.15) is 39.7 Å². The zero-order valence-corrected chi connectivity index (χ0v) is 15.2. The molecule has 0 saturated carbocycles. The Kier molecular flexibility index (Phi) is 4.59. The van der Waals surface area contributed by atoms with Gasteiger partial charge in [-0.2, -0.15) is 0 Å². The molecule has 7 heteroatoms. The normalized spacial score (nSPS) is 12.2. The zero-order chi connectivity index (χ0) is 18.1. The van der Waals surface area contributed by atoms with E-state index in [1.165, 1.54) is 18.4 Å². The summed E-state index contributed by atoms with van der Waals surface area (Å²) in [7, 11) is 1.53. The fourth-order valence-corrected chi connectivity index (χ4v) is 3.54. The van der Waals surface area contributed by atoms with Crippen molar-refractivity contribution in [3.05, 3.63) is 56.4 Å². The van der Waals surface area contributed by atoms with Gasteiger partial charge in [-0.25, -0.2) is 9.78 Å². The Morgan fingerprint density at radius 2 is 2.08 bits per heavy atom. The number of ether oxygens (including phenoxy) is 2. The average Bonchev–Trinajstić information content (AvgIpc) is 2.89. The van der Waals surface area contributed by atoms with Crippen LogP contribution in [0.25, 0.3) is 10.2 Å². The third-order valence-electron chi connectivity index (χ3n) is 4.03. The fourth-order valence-electron chi connectivity index (χ4n) is 2.50. The molecule has 0 aliphatic heterocycles. The summed E-state index contributed by atoms with van der Waals surface area (Å²) >= 11 is 1.46. The molecule has 25 heavy (non-hydrogen) atoms. The van der Waals surface area contributed by atoms with Crippen molar-refractivity contribution in [1.82, 2.24) is 9.97 Å². The summed E-state index contributed by atoms with van der Waals surface area (Å²) in [6.07, 6.45) is -0.682. The highest BCUT2D eigenvalue weighted by atomic mass is 32.1. The molecule has 1 aromatic carbocycles. The number of rotatable bonds is 4. The molecule has 1 unspecified atom stereocenters. The number of carbonyl (C=O) groups is 1. The van der Waals surface area contributed by atoms with E-state index >= 15 is 0 Å². The Labute approximate surface area is 148 Å². The molecule has 0 aliphatic rings. The third-order valence-corrected chi connectivity index (χ3v) is 5.13. The van der Waals surface area contributed by atoms with Gasteiger partial charge in [-0.05, 0) is 44.5 Å². The molecule has 3 aromatic rings. The van der Waals surface area contributed by atoms with Gasteiger partial charge in [0.05, 0.1) is 18.1 Å². The van der Waals surface area contributed by atoms with Crippen LogP contribution in [0.2, 0.25) is 0 Å². The molecular formula is C18H18N2O4S. The van der Waals surface area contributed by atoms with E-state index in [1.54, 1.807) is 31.2 Å². The number of hydrogen-bond acceptors (Lipinski definition) is 6. The van der Waals surface area contributed by atoms with Crippen LogP contribution in [0, 0.1) is 13.8 Å². The molecule has 130 valence electrons. The molecule has 0 saturated heterocycles. The smallest absolute Gasteiger partial charge is 0.338 e. The van der Waals surface area contributed by atoms with Crippen LogP contribution >= 0.6 is 11.3 Å². The summed E-state index contributed by atoms with van der Waals surface area (Å²) in [4.78, 5) is 33.5. The van der Waals surface area contributed by atoms with E-state index in [2.05, 4.69) is 9.97 Å². The molecule has 3 rings (SSSR count). The lowest BCUT2D eigenvalue weighted by molar-refractivity contribution is 0.0319. The van der Waals surface area contributed by atoms with Crippen LogP contribution in [0.4, 0.5) is 0 Å². The van der Waals surface area contributed by atoms with Crippen LogP contribution < -0.4 is 10.3 Å². The summed E-state index contributed by atoms with van der Waals surface area (Å²) < 4.78 is 10.5. The standard InChI is InChI=1S/C18H18N2O4S/c1-9-11(3)25-17-14(9)16(21)19-15(20-17)10(2)24-18(22)12-6-5-7-13(8-12)23-4/h5-8,10H,1-4H3,(H,19,20,21). The number of aromatic amines is 1. The minimum Gasteiger partial charge on any atom is -0.497 e. The quantitative estimate of drug-likeness (QED) is 0.722. The summed E-state index contributed by atoms with van der Waals surface area (Å²) in [6.45, 7) is 5.53. The lowest BCUT2D eigenvalue weighted by Gasteiger charge is -2.13. The first kappa shape index (κ1) is 17.2. The lowest BCUT2D eigenvalue weighted by atomic mass is 10.2. The van der Waals surface area contributed by atoms with Crippen molar-refractivity contribution in [2.45, 2.75) is 26.9 Å². The molecule has 0 spiro atoms. The van der Waals surface area contributed by atoms with E-state index < -0.39 is 12.1 Å². The Morgan fingerprint density at radius 3 is 2.80 bits per heavy atom. The monoisotopic (exact) mass is 358 g/mol. The van der Waals surface area contributed by atoms with Crippen LogP contribution in [-0.2, 0) is 4.74 Å². The summed E-state index contributed by atoms with van der Waals surface area (Å²) in [5.41, 5.74) is 1.09. The third kappa shape index (κ3) is 3.28. The number of benzene rings is 1. The molecule has 0 bridgehead atoms. The largest absolute Gasteiger partial charge is 0.497 e. The zero-order valence-electron chi connectivity index (χ0n) is 14.4. The van der Waals surface area contributed by atoms with Gasteiger partial charge in [0, 0.05) is 4.88 Å². The lowest BCUT2D eigenvalue weighted by Crippen LogP contribution is -2.17. The van der Waals surface area contributed by atoms with Crippen molar-refractivity contribution in [3.63, 3.8) is 0 Å². The van der Waals surface area contributed by atoms with Crippen LogP contribution in [0.15, 0.2) is 29.1 Å². The number of esters is 1. The first-order valence-electron chi connectivity index (χ1n) is 7.75. The topological polar surface area (TPSA) is 81.3 Å². The van der Waals surface area contributed by atoms with Crippen molar-refractivity contribution < 1.29 is 14.3 Å². The Morgan fingerprint density at radius 1 is 1.32 bits per heavy atom. The summed E-state index contributed by atoms with van der Waals surface area (Å²) in [5.74, 6) is 0.391. The highest BCUT2D eigenvalue weighted by Gasteiger charge is 2.19. The number of H-pyrrole nitrogens is 1. The first-order valence-corrected chi connectivity index (χ1v) is 8.57. The van der Waals surface area contributed by atoms with Gasteiger partial charge in [0.25, 0.3) is 5.56 Å². The number of nitrogens with one attached hydrogen (secondary N) is 1. The van der Waals surface area contributed by atoms with Crippen molar-refractivity contribution in [2.24, 2.45) is 0 Å². The molecule has 2 heterocycles. The highest BCUT2D eigenvalue weighted by Crippen LogP contribution is 2.27. The second-order valence-corrected chi connectivity index (χ2v) is 6.90. The van der Waals surface area contributed by atoms with E-state index in [0.29, 0.717) is 27.4 Å². The predicted octanol–water partition coefficient (Wildman–Crippen LogP) is 3.53. The fraction of sp³-hybridized carbons (Fsp3) is 0.278. The molecular weight excluding hydrogens is 340 g/mol.